The van der Waals surface area contributed by atoms with E-state index in [2.05, 4.69) is 16.9 Å². The van der Waals surface area contributed by atoms with Gasteiger partial charge >= 0.3 is 0 Å². The van der Waals surface area contributed by atoms with Crippen LogP contribution >= 0.6 is 11.3 Å². The summed E-state index contributed by atoms with van der Waals surface area (Å²) in [4.78, 5) is 21.9. The fourth-order valence-corrected chi connectivity index (χ4v) is 3.32. The lowest BCUT2D eigenvalue weighted by molar-refractivity contribution is 0.0772. The van der Waals surface area contributed by atoms with Crippen LogP contribution in [-0.4, -0.2) is 40.4 Å². The van der Waals surface area contributed by atoms with Crippen LogP contribution in [0.15, 0.2) is 17.6 Å². The third-order valence-electron chi connectivity index (χ3n) is 4.17. The Bertz CT molecular complexity index is 662. The molecule has 1 amide bonds. The van der Waals surface area contributed by atoms with E-state index in [9.17, 15) is 4.79 Å². The molecule has 1 atom stereocenters. The minimum Gasteiger partial charge on any atom is -0.357 e. The zero-order valence-corrected chi connectivity index (χ0v) is 13.2. The number of aromatic nitrogens is 2. The highest BCUT2D eigenvalue weighted by atomic mass is 32.1. The summed E-state index contributed by atoms with van der Waals surface area (Å²) in [6, 6.07) is 1.88. The van der Waals surface area contributed by atoms with E-state index in [1.54, 1.807) is 11.3 Å². The maximum atomic E-state index is 12.5. The molecule has 1 aliphatic rings. The van der Waals surface area contributed by atoms with E-state index in [4.69, 9.17) is 5.73 Å². The number of aromatic amines is 1. The molecule has 3 rings (SSSR count). The molecule has 1 aliphatic heterocycles. The Hall–Kier alpha value is -1.66. The largest absolute Gasteiger partial charge is 0.357 e. The molecule has 0 bridgehead atoms. The SMILES string of the molecule is Cc1nc(-c2c[nH]c(C(=O)N3CCC(C)(CN)C3)c2)cs1. The van der Waals surface area contributed by atoms with Crippen LogP contribution in [0.25, 0.3) is 11.3 Å². The summed E-state index contributed by atoms with van der Waals surface area (Å²) in [6.45, 7) is 6.23. The molecule has 1 saturated heterocycles. The molecule has 2 aromatic heterocycles. The zero-order chi connectivity index (χ0) is 15.0. The molecule has 0 saturated carbocycles. The summed E-state index contributed by atoms with van der Waals surface area (Å²) in [7, 11) is 0. The Kier molecular flexibility index (Phi) is 3.59. The second-order valence-corrected chi connectivity index (χ2v) is 7.11. The normalized spacial score (nSPS) is 22.0. The molecule has 112 valence electrons. The van der Waals surface area contributed by atoms with Gasteiger partial charge in [-0.1, -0.05) is 6.92 Å². The smallest absolute Gasteiger partial charge is 0.270 e. The Morgan fingerprint density at radius 1 is 1.62 bits per heavy atom. The van der Waals surface area contributed by atoms with Crippen LogP contribution in [0.4, 0.5) is 0 Å². The molecule has 21 heavy (non-hydrogen) atoms. The number of thiazole rings is 1. The lowest BCUT2D eigenvalue weighted by Gasteiger charge is -2.22. The first-order valence-electron chi connectivity index (χ1n) is 7.11. The van der Waals surface area contributed by atoms with Gasteiger partial charge < -0.3 is 15.6 Å². The van der Waals surface area contributed by atoms with Crippen molar-refractivity contribution in [3.05, 3.63) is 28.3 Å². The van der Waals surface area contributed by atoms with E-state index < -0.39 is 0 Å². The van der Waals surface area contributed by atoms with E-state index in [0.29, 0.717) is 12.2 Å². The number of hydrogen-bond donors (Lipinski definition) is 2. The summed E-state index contributed by atoms with van der Waals surface area (Å²) in [6.07, 6.45) is 2.81. The predicted octanol–water partition coefficient (Wildman–Crippen LogP) is 2.26. The molecular formula is C15H20N4OS. The van der Waals surface area contributed by atoms with Crippen molar-refractivity contribution in [2.75, 3.05) is 19.6 Å². The van der Waals surface area contributed by atoms with Gasteiger partial charge in [0.05, 0.1) is 10.7 Å². The Morgan fingerprint density at radius 2 is 2.43 bits per heavy atom. The van der Waals surface area contributed by atoms with Gasteiger partial charge in [0.2, 0.25) is 0 Å². The van der Waals surface area contributed by atoms with Crippen molar-refractivity contribution in [2.24, 2.45) is 11.1 Å². The standard InChI is InChI=1S/C15H20N4OS/c1-10-18-13(7-21-10)11-5-12(17-6-11)14(20)19-4-3-15(2,8-16)9-19/h5-7,17H,3-4,8-9,16H2,1-2H3. The first kappa shape index (κ1) is 14.3. The maximum Gasteiger partial charge on any atom is 0.270 e. The van der Waals surface area contributed by atoms with Gasteiger partial charge in [-0.2, -0.15) is 0 Å². The number of nitrogens with one attached hydrogen (secondary N) is 1. The van der Waals surface area contributed by atoms with Crippen molar-refractivity contribution in [2.45, 2.75) is 20.3 Å². The number of H-pyrrole nitrogens is 1. The number of likely N-dealkylation sites (tertiary alicyclic amines) is 1. The number of carbonyl (C=O) groups excluding carboxylic acids is 1. The summed E-state index contributed by atoms with van der Waals surface area (Å²) in [5.74, 6) is 0.0466. The highest BCUT2D eigenvalue weighted by Gasteiger charge is 2.35. The van der Waals surface area contributed by atoms with Gasteiger partial charge in [0, 0.05) is 30.2 Å². The predicted molar refractivity (Wildman–Crippen MR) is 84.3 cm³/mol. The quantitative estimate of drug-likeness (QED) is 0.913. The first-order chi connectivity index (χ1) is 10.0. The van der Waals surface area contributed by atoms with Crippen LogP contribution in [0.5, 0.6) is 0 Å². The number of hydrogen-bond acceptors (Lipinski definition) is 4. The minimum atomic E-state index is 0.0466. The van der Waals surface area contributed by atoms with Gasteiger partial charge in [-0.15, -0.1) is 11.3 Å². The van der Waals surface area contributed by atoms with E-state index in [0.717, 1.165) is 35.8 Å². The third-order valence-corrected chi connectivity index (χ3v) is 4.94. The van der Waals surface area contributed by atoms with Crippen molar-refractivity contribution in [1.29, 1.82) is 0 Å². The van der Waals surface area contributed by atoms with E-state index >= 15 is 0 Å². The summed E-state index contributed by atoms with van der Waals surface area (Å²) < 4.78 is 0. The molecule has 0 radical (unpaired) electrons. The average molecular weight is 304 g/mol. The van der Waals surface area contributed by atoms with Gasteiger partial charge in [0.25, 0.3) is 5.91 Å². The van der Waals surface area contributed by atoms with Crippen LogP contribution in [-0.2, 0) is 0 Å². The van der Waals surface area contributed by atoms with E-state index in [1.807, 2.05) is 29.5 Å². The molecule has 1 fully saturated rings. The van der Waals surface area contributed by atoms with Crippen molar-refractivity contribution < 1.29 is 4.79 Å². The van der Waals surface area contributed by atoms with Gasteiger partial charge in [-0.25, -0.2) is 4.98 Å². The lowest BCUT2D eigenvalue weighted by Crippen LogP contribution is -2.34. The molecule has 5 nitrogen and oxygen atoms in total. The number of aryl methyl sites for hydroxylation is 1. The van der Waals surface area contributed by atoms with Crippen molar-refractivity contribution in [3.63, 3.8) is 0 Å². The monoisotopic (exact) mass is 304 g/mol. The highest BCUT2D eigenvalue weighted by Crippen LogP contribution is 2.30. The minimum absolute atomic E-state index is 0.0466. The molecule has 0 aromatic carbocycles. The van der Waals surface area contributed by atoms with Crippen LogP contribution in [0, 0.1) is 12.3 Å². The summed E-state index contributed by atoms with van der Waals surface area (Å²) >= 11 is 1.61. The molecule has 0 spiro atoms. The average Bonchev–Trinajstić information content (AvgIpc) is 3.17. The van der Waals surface area contributed by atoms with Gasteiger partial charge in [-0.05, 0) is 31.4 Å². The molecule has 1 unspecified atom stereocenters. The van der Waals surface area contributed by atoms with Gasteiger partial charge in [0.1, 0.15) is 5.69 Å². The first-order valence-corrected chi connectivity index (χ1v) is 7.99. The van der Waals surface area contributed by atoms with Crippen LogP contribution < -0.4 is 5.73 Å². The second kappa shape index (κ2) is 5.27. The van der Waals surface area contributed by atoms with Crippen LogP contribution in [0.3, 0.4) is 0 Å². The third kappa shape index (κ3) is 2.73. The fraction of sp³-hybridized carbons (Fsp3) is 0.467. The maximum absolute atomic E-state index is 12.5. The van der Waals surface area contributed by atoms with Crippen LogP contribution in [0.2, 0.25) is 0 Å². The van der Waals surface area contributed by atoms with E-state index in [-0.39, 0.29) is 11.3 Å². The van der Waals surface area contributed by atoms with Crippen molar-refractivity contribution in [1.82, 2.24) is 14.9 Å². The highest BCUT2D eigenvalue weighted by molar-refractivity contribution is 7.09. The number of nitrogens with two attached hydrogens (primary N) is 1. The van der Waals surface area contributed by atoms with Crippen molar-refractivity contribution >= 4 is 17.2 Å². The number of carbonyl (C=O) groups is 1. The van der Waals surface area contributed by atoms with Gasteiger partial charge in [-0.3, -0.25) is 4.79 Å². The number of nitrogens with zero attached hydrogens (tertiary/aromatic N) is 2. The molecular weight excluding hydrogens is 284 g/mol. The van der Waals surface area contributed by atoms with E-state index in [1.165, 1.54) is 0 Å². The van der Waals surface area contributed by atoms with Crippen LogP contribution in [0.1, 0.15) is 28.8 Å². The number of amides is 1. The molecule has 6 heteroatoms. The van der Waals surface area contributed by atoms with Crippen molar-refractivity contribution in [3.8, 4) is 11.3 Å². The fourth-order valence-electron chi connectivity index (χ4n) is 2.70. The number of rotatable bonds is 3. The molecule has 3 heterocycles. The Balaban J connectivity index is 1.76. The Morgan fingerprint density at radius 3 is 3.05 bits per heavy atom. The lowest BCUT2D eigenvalue weighted by atomic mass is 9.90. The molecule has 2 aromatic rings. The topological polar surface area (TPSA) is 75.0 Å². The zero-order valence-electron chi connectivity index (χ0n) is 12.3. The van der Waals surface area contributed by atoms with Gasteiger partial charge in [0.15, 0.2) is 0 Å². The summed E-state index contributed by atoms with van der Waals surface area (Å²) in [5, 5.41) is 3.03. The molecule has 0 aliphatic carbocycles. The summed E-state index contributed by atoms with van der Waals surface area (Å²) in [5.41, 5.74) is 8.35. The molecule has 3 N–H and O–H groups in total. The Labute approximate surface area is 128 Å². The second-order valence-electron chi connectivity index (χ2n) is 6.05.